The van der Waals surface area contributed by atoms with E-state index in [-0.39, 0.29) is 17.9 Å². The number of piperidine rings is 1. The lowest BCUT2D eigenvalue weighted by Gasteiger charge is -2.31. The van der Waals surface area contributed by atoms with Gasteiger partial charge in [-0.1, -0.05) is 12.1 Å². The number of carbonyl (C=O) groups excluding carboxylic acids is 2. The Kier molecular flexibility index (Phi) is 6.37. The SMILES string of the molecule is CC(=O)N1CCC(NC(=O)c2ccccc2SCC2CCCO2)CC1. The highest BCUT2D eigenvalue weighted by Gasteiger charge is 2.23. The predicted molar refractivity (Wildman–Crippen MR) is 98.9 cm³/mol. The van der Waals surface area contributed by atoms with Gasteiger partial charge in [-0.15, -0.1) is 11.8 Å². The molecule has 0 radical (unpaired) electrons. The van der Waals surface area contributed by atoms with Gasteiger partial charge in [0.05, 0.1) is 11.7 Å². The van der Waals surface area contributed by atoms with E-state index in [1.54, 1.807) is 18.7 Å². The molecule has 0 spiro atoms. The quantitative estimate of drug-likeness (QED) is 0.818. The van der Waals surface area contributed by atoms with Crippen LogP contribution < -0.4 is 5.32 Å². The van der Waals surface area contributed by atoms with Crippen LogP contribution in [0.5, 0.6) is 0 Å². The molecule has 1 N–H and O–H groups in total. The molecule has 136 valence electrons. The Morgan fingerprint density at radius 3 is 2.68 bits per heavy atom. The molecule has 2 fully saturated rings. The normalized spacial score (nSPS) is 21.3. The molecule has 6 heteroatoms. The number of thioether (sulfide) groups is 1. The lowest BCUT2D eigenvalue weighted by atomic mass is 10.0. The summed E-state index contributed by atoms with van der Waals surface area (Å²) in [5.41, 5.74) is 0.736. The number of hydrogen-bond donors (Lipinski definition) is 1. The average molecular weight is 362 g/mol. The zero-order chi connectivity index (χ0) is 17.6. The van der Waals surface area contributed by atoms with Crippen LogP contribution in [0.4, 0.5) is 0 Å². The van der Waals surface area contributed by atoms with Gasteiger partial charge in [-0.05, 0) is 37.8 Å². The maximum absolute atomic E-state index is 12.7. The molecule has 2 heterocycles. The summed E-state index contributed by atoms with van der Waals surface area (Å²) in [6.45, 7) is 3.89. The van der Waals surface area contributed by atoms with E-state index in [0.717, 1.165) is 61.6 Å². The fourth-order valence-corrected chi connectivity index (χ4v) is 4.46. The number of rotatable bonds is 5. The third-order valence-electron chi connectivity index (χ3n) is 4.86. The van der Waals surface area contributed by atoms with Crippen molar-refractivity contribution in [1.29, 1.82) is 0 Å². The topological polar surface area (TPSA) is 58.6 Å². The molecule has 3 rings (SSSR count). The molecular formula is C19H26N2O3S. The van der Waals surface area contributed by atoms with Crippen molar-refractivity contribution >= 4 is 23.6 Å². The van der Waals surface area contributed by atoms with Crippen LogP contribution in [0.15, 0.2) is 29.2 Å². The first kappa shape index (κ1) is 18.3. The van der Waals surface area contributed by atoms with Crippen molar-refractivity contribution in [2.24, 2.45) is 0 Å². The summed E-state index contributed by atoms with van der Waals surface area (Å²) in [7, 11) is 0. The van der Waals surface area contributed by atoms with Gasteiger partial charge in [-0.2, -0.15) is 0 Å². The molecular weight excluding hydrogens is 336 g/mol. The standard InChI is InChI=1S/C19H26N2O3S/c1-14(22)21-10-8-15(9-11-21)20-19(23)17-6-2-3-7-18(17)25-13-16-5-4-12-24-16/h2-3,6-7,15-16H,4-5,8-13H2,1H3,(H,20,23). The molecule has 0 bridgehead atoms. The summed E-state index contributed by atoms with van der Waals surface area (Å²) in [4.78, 5) is 27.0. The minimum atomic E-state index is -0.0169. The zero-order valence-corrected chi connectivity index (χ0v) is 15.5. The fourth-order valence-electron chi connectivity index (χ4n) is 3.34. The first-order valence-electron chi connectivity index (χ1n) is 9.03. The second-order valence-electron chi connectivity index (χ2n) is 6.70. The van der Waals surface area contributed by atoms with E-state index in [2.05, 4.69) is 5.32 Å². The van der Waals surface area contributed by atoms with E-state index < -0.39 is 0 Å². The summed E-state index contributed by atoms with van der Waals surface area (Å²) in [5, 5.41) is 3.14. The maximum Gasteiger partial charge on any atom is 0.252 e. The van der Waals surface area contributed by atoms with Crippen molar-refractivity contribution in [2.45, 2.75) is 49.6 Å². The molecule has 0 saturated carbocycles. The maximum atomic E-state index is 12.7. The number of ether oxygens (including phenoxy) is 1. The van der Waals surface area contributed by atoms with Crippen LogP contribution in [0, 0.1) is 0 Å². The highest BCUT2D eigenvalue weighted by molar-refractivity contribution is 7.99. The molecule has 0 aliphatic carbocycles. The van der Waals surface area contributed by atoms with E-state index in [1.165, 1.54) is 0 Å². The van der Waals surface area contributed by atoms with E-state index in [0.29, 0.717) is 6.10 Å². The van der Waals surface area contributed by atoms with Gasteiger partial charge < -0.3 is 15.0 Å². The van der Waals surface area contributed by atoms with Gasteiger partial charge in [0.25, 0.3) is 5.91 Å². The van der Waals surface area contributed by atoms with Crippen LogP contribution in [0.25, 0.3) is 0 Å². The van der Waals surface area contributed by atoms with Crippen molar-refractivity contribution in [3.8, 4) is 0 Å². The van der Waals surface area contributed by atoms with Gasteiger partial charge in [0, 0.05) is 43.3 Å². The van der Waals surface area contributed by atoms with Crippen LogP contribution in [0.3, 0.4) is 0 Å². The summed E-state index contributed by atoms with van der Waals surface area (Å²) in [6.07, 6.45) is 4.17. The minimum Gasteiger partial charge on any atom is -0.377 e. The van der Waals surface area contributed by atoms with Crippen molar-refractivity contribution in [3.63, 3.8) is 0 Å². The Balaban J connectivity index is 1.55. The number of benzene rings is 1. The van der Waals surface area contributed by atoms with Gasteiger partial charge in [-0.3, -0.25) is 9.59 Å². The zero-order valence-electron chi connectivity index (χ0n) is 14.7. The summed E-state index contributed by atoms with van der Waals surface area (Å²) < 4.78 is 5.67. The first-order valence-corrected chi connectivity index (χ1v) is 10.0. The van der Waals surface area contributed by atoms with Crippen LogP contribution in [-0.4, -0.2) is 54.3 Å². The number of nitrogens with zero attached hydrogens (tertiary/aromatic N) is 1. The van der Waals surface area contributed by atoms with E-state index >= 15 is 0 Å². The molecule has 1 unspecified atom stereocenters. The van der Waals surface area contributed by atoms with Crippen molar-refractivity contribution in [2.75, 3.05) is 25.4 Å². The fraction of sp³-hybridized carbons (Fsp3) is 0.579. The number of likely N-dealkylation sites (tertiary alicyclic amines) is 1. The van der Waals surface area contributed by atoms with Crippen LogP contribution >= 0.6 is 11.8 Å². The predicted octanol–water partition coefficient (Wildman–Crippen LogP) is 2.70. The third kappa shape index (κ3) is 4.98. The number of carbonyl (C=O) groups is 2. The summed E-state index contributed by atoms with van der Waals surface area (Å²) >= 11 is 1.70. The Morgan fingerprint density at radius 2 is 2.00 bits per heavy atom. The van der Waals surface area contributed by atoms with Crippen molar-refractivity contribution in [1.82, 2.24) is 10.2 Å². The third-order valence-corrected chi connectivity index (χ3v) is 6.06. The lowest BCUT2D eigenvalue weighted by Crippen LogP contribution is -2.46. The minimum absolute atomic E-state index is 0.0169. The van der Waals surface area contributed by atoms with Gasteiger partial charge in [0.15, 0.2) is 0 Å². The monoisotopic (exact) mass is 362 g/mol. The largest absolute Gasteiger partial charge is 0.377 e. The van der Waals surface area contributed by atoms with Crippen LogP contribution in [0.1, 0.15) is 43.0 Å². The number of nitrogens with one attached hydrogen (secondary N) is 1. The smallest absolute Gasteiger partial charge is 0.252 e. The van der Waals surface area contributed by atoms with Gasteiger partial charge >= 0.3 is 0 Å². The number of hydrogen-bond acceptors (Lipinski definition) is 4. The second kappa shape index (κ2) is 8.72. The van der Waals surface area contributed by atoms with Gasteiger partial charge in [0.2, 0.25) is 5.91 Å². The molecule has 25 heavy (non-hydrogen) atoms. The lowest BCUT2D eigenvalue weighted by molar-refractivity contribution is -0.129. The highest BCUT2D eigenvalue weighted by atomic mass is 32.2. The Bertz CT molecular complexity index is 608. The number of amides is 2. The molecule has 1 aromatic carbocycles. The van der Waals surface area contributed by atoms with Crippen LogP contribution in [0.2, 0.25) is 0 Å². The molecule has 2 aliphatic rings. The molecule has 2 amide bonds. The first-order chi connectivity index (χ1) is 12.1. The summed E-state index contributed by atoms with van der Waals surface area (Å²) in [5.74, 6) is 0.985. The average Bonchev–Trinajstić information content (AvgIpc) is 3.14. The molecule has 1 aromatic rings. The van der Waals surface area contributed by atoms with Crippen molar-refractivity contribution < 1.29 is 14.3 Å². The van der Waals surface area contributed by atoms with E-state index in [4.69, 9.17) is 4.74 Å². The molecule has 2 saturated heterocycles. The Hall–Kier alpha value is -1.53. The highest BCUT2D eigenvalue weighted by Crippen LogP contribution is 2.27. The molecule has 2 aliphatic heterocycles. The molecule has 5 nitrogen and oxygen atoms in total. The Morgan fingerprint density at radius 1 is 1.24 bits per heavy atom. The van der Waals surface area contributed by atoms with Crippen molar-refractivity contribution in [3.05, 3.63) is 29.8 Å². The molecule has 1 atom stereocenters. The Labute approximate surface area is 153 Å². The van der Waals surface area contributed by atoms with E-state index in [1.807, 2.05) is 29.2 Å². The second-order valence-corrected chi connectivity index (χ2v) is 7.76. The van der Waals surface area contributed by atoms with Gasteiger partial charge in [-0.25, -0.2) is 0 Å². The molecule has 0 aromatic heterocycles. The van der Waals surface area contributed by atoms with E-state index in [9.17, 15) is 9.59 Å². The summed E-state index contributed by atoms with van der Waals surface area (Å²) in [6, 6.07) is 7.91. The van der Waals surface area contributed by atoms with Gasteiger partial charge in [0.1, 0.15) is 0 Å². The van der Waals surface area contributed by atoms with Crippen LogP contribution in [-0.2, 0) is 9.53 Å².